The summed E-state index contributed by atoms with van der Waals surface area (Å²) in [6.07, 6.45) is -0.777. The second kappa shape index (κ2) is 8.25. The molecule has 0 fully saturated rings. The van der Waals surface area contributed by atoms with Gasteiger partial charge in [0, 0.05) is 11.8 Å². The predicted molar refractivity (Wildman–Crippen MR) is 91.4 cm³/mol. The van der Waals surface area contributed by atoms with Crippen LogP contribution in [0.5, 0.6) is 5.75 Å². The molecule has 1 unspecified atom stereocenters. The second-order valence-corrected chi connectivity index (χ2v) is 7.78. The van der Waals surface area contributed by atoms with Crippen LogP contribution >= 0.6 is 0 Å². The number of aliphatic hydroxyl groups is 1. The molecule has 1 N–H and O–H groups in total. The lowest BCUT2D eigenvalue weighted by atomic mass is 9.63. The van der Waals surface area contributed by atoms with Gasteiger partial charge < -0.3 is 14.6 Å². The molecule has 1 aromatic rings. The van der Waals surface area contributed by atoms with Gasteiger partial charge in [-0.1, -0.05) is 13.8 Å². The number of carbonyl (C=O) groups excluding carboxylic acids is 2. The fourth-order valence-corrected chi connectivity index (χ4v) is 2.75. The van der Waals surface area contributed by atoms with Crippen molar-refractivity contribution < 1.29 is 46.1 Å². The first-order valence-electron chi connectivity index (χ1n) is 8.66. The number of rotatable bonds is 7. The van der Waals surface area contributed by atoms with Gasteiger partial charge in [-0.15, -0.1) is 0 Å². The molecule has 164 valence electrons. The van der Waals surface area contributed by atoms with E-state index in [4.69, 9.17) is 4.74 Å². The summed E-state index contributed by atoms with van der Waals surface area (Å²) in [7, 11) is 0. The Morgan fingerprint density at radius 3 is 1.62 bits per heavy atom. The first-order valence-corrected chi connectivity index (χ1v) is 8.66. The molecule has 29 heavy (non-hydrogen) atoms. The summed E-state index contributed by atoms with van der Waals surface area (Å²) in [5, 5.41) is 10.6. The van der Waals surface area contributed by atoms with E-state index in [1.807, 2.05) is 0 Å². The van der Waals surface area contributed by atoms with E-state index in [2.05, 4.69) is 4.74 Å². The van der Waals surface area contributed by atoms with E-state index in [0.717, 1.165) is 0 Å². The predicted octanol–water partition coefficient (Wildman–Crippen LogP) is 4.19. The van der Waals surface area contributed by atoms with E-state index in [0.29, 0.717) is 0 Å². The Balaban J connectivity index is 3.31. The summed E-state index contributed by atoms with van der Waals surface area (Å²) in [6, 6.07) is 0. The lowest BCUT2D eigenvalue weighted by molar-refractivity contribution is -0.201. The maximum absolute atomic E-state index is 13.8. The molecule has 0 saturated heterocycles. The smallest absolute Gasteiger partial charge is 0.312 e. The standard InChI is InChI=1S/C19H23F5O5/c1-7-9(25)29-18(4,5)19(6,17(2,3)27)8-10(26)28-16-14(23)12(21)11(20)13(22)15(16)24/h27H,7-8H2,1-6H3. The number of hydrogen-bond acceptors (Lipinski definition) is 5. The number of hydrogen-bond donors (Lipinski definition) is 1. The topological polar surface area (TPSA) is 72.8 Å². The van der Waals surface area contributed by atoms with Crippen LogP contribution in [0, 0.1) is 34.5 Å². The van der Waals surface area contributed by atoms with Gasteiger partial charge in [-0.3, -0.25) is 9.59 Å². The Kier molecular flexibility index (Phi) is 7.06. The fourth-order valence-electron chi connectivity index (χ4n) is 2.75. The third-order valence-electron chi connectivity index (χ3n) is 5.22. The number of ether oxygens (including phenoxy) is 2. The molecule has 0 aliphatic rings. The maximum Gasteiger partial charge on any atom is 0.312 e. The van der Waals surface area contributed by atoms with Crippen LogP contribution in [0.4, 0.5) is 22.0 Å². The number of carbonyl (C=O) groups is 2. The highest BCUT2D eigenvalue weighted by Gasteiger charge is 2.55. The molecule has 0 aliphatic heterocycles. The Hall–Kier alpha value is -2.23. The van der Waals surface area contributed by atoms with Crippen molar-refractivity contribution in [2.75, 3.05) is 0 Å². The molecule has 0 spiro atoms. The zero-order valence-corrected chi connectivity index (χ0v) is 16.9. The summed E-state index contributed by atoms with van der Waals surface area (Å²) in [5.41, 5.74) is -4.75. The van der Waals surface area contributed by atoms with Crippen molar-refractivity contribution in [3.05, 3.63) is 29.1 Å². The molecule has 0 aromatic heterocycles. The van der Waals surface area contributed by atoms with Crippen molar-refractivity contribution >= 4 is 11.9 Å². The van der Waals surface area contributed by atoms with Gasteiger partial charge in [-0.05, 0) is 27.7 Å². The average Bonchev–Trinajstić information content (AvgIpc) is 2.60. The van der Waals surface area contributed by atoms with Crippen LogP contribution in [-0.2, 0) is 14.3 Å². The quantitative estimate of drug-likeness (QED) is 0.233. The van der Waals surface area contributed by atoms with E-state index in [-0.39, 0.29) is 6.42 Å². The number of halogens is 5. The monoisotopic (exact) mass is 426 g/mol. The number of benzene rings is 1. The first kappa shape index (κ1) is 24.8. The van der Waals surface area contributed by atoms with Crippen LogP contribution in [0.1, 0.15) is 54.4 Å². The molecule has 1 aromatic carbocycles. The Labute approximate surface area is 164 Å². The molecule has 0 bridgehead atoms. The van der Waals surface area contributed by atoms with Gasteiger partial charge in [0.25, 0.3) is 0 Å². The van der Waals surface area contributed by atoms with Gasteiger partial charge in [0.15, 0.2) is 0 Å². The molecule has 0 saturated carbocycles. The molecule has 0 aliphatic carbocycles. The van der Waals surface area contributed by atoms with Crippen molar-refractivity contribution in [3.63, 3.8) is 0 Å². The Morgan fingerprint density at radius 2 is 1.24 bits per heavy atom. The van der Waals surface area contributed by atoms with Crippen LogP contribution < -0.4 is 4.74 Å². The molecule has 1 atom stereocenters. The molecular formula is C19H23F5O5. The van der Waals surface area contributed by atoms with Crippen molar-refractivity contribution in [3.8, 4) is 5.75 Å². The Morgan fingerprint density at radius 1 is 0.828 bits per heavy atom. The van der Waals surface area contributed by atoms with Crippen molar-refractivity contribution in [1.82, 2.24) is 0 Å². The van der Waals surface area contributed by atoms with E-state index >= 15 is 0 Å². The van der Waals surface area contributed by atoms with Crippen LogP contribution in [0.15, 0.2) is 0 Å². The minimum atomic E-state index is -2.39. The molecular weight excluding hydrogens is 403 g/mol. The van der Waals surface area contributed by atoms with Gasteiger partial charge in [0.2, 0.25) is 34.8 Å². The fraction of sp³-hybridized carbons (Fsp3) is 0.579. The molecule has 0 amide bonds. The van der Waals surface area contributed by atoms with Crippen LogP contribution in [0.3, 0.4) is 0 Å². The van der Waals surface area contributed by atoms with E-state index in [1.165, 1.54) is 41.5 Å². The van der Waals surface area contributed by atoms with Crippen LogP contribution in [-0.4, -0.2) is 28.2 Å². The minimum absolute atomic E-state index is 0.000366. The second-order valence-electron chi connectivity index (χ2n) is 7.78. The van der Waals surface area contributed by atoms with Crippen molar-refractivity contribution in [1.29, 1.82) is 0 Å². The van der Waals surface area contributed by atoms with Crippen molar-refractivity contribution in [2.24, 2.45) is 5.41 Å². The van der Waals surface area contributed by atoms with E-state index in [9.17, 15) is 36.6 Å². The third-order valence-corrected chi connectivity index (χ3v) is 5.22. The lowest BCUT2D eigenvalue weighted by Gasteiger charge is -2.49. The third kappa shape index (κ3) is 4.68. The highest BCUT2D eigenvalue weighted by molar-refractivity contribution is 5.74. The van der Waals surface area contributed by atoms with Gasteiger partial charge in [-0.25, -0.2) is 13.2 Å². The normalized spacial score (nSPS) is 14.3. The molecule has 0 heterocycles. The van der Waals surface area contributed by atoms with E-state index in [1.54, 1.807) is 0 Å². The summed E-state index contributed by atoms with van der Waals surface area (Å²) < 4.78 is 77.0. The summed E-state index contributed by atoms with van der Waals surface area (Å²) in [6.45, 7) is 8.31. The first-order chi connectivity index (χ1) is 13.0. The van der Waals surface area contributed by atoms with E-state index < -0.39 is 69.8 Å². The van der Waals surface area contributed by atoms with Gasteiger partial charge in [-0.2, -0.15) is 8.78 Å². The zero-order valence-electron chi connectivity index (χ0n) is 16.9. The molecule has 10 heteroatoms. The van der Waals surface area contributed by atoms with Crippen LogP contribution in [0.2, 0.25) is 0 Å². The number of esters is 2. The molecule has 0 radical (unpaired) electrons. The van der Waals surface area contributed by atoms with Gasteiger partial charge in [0.1, 0.15) is 5.60 Å². The zero-order chi connectivity index (χ0) is 22.9. The van der Waals surface area contributed by atoms with Crippen molar-refractivity contribution in [2.45, 2.75) is 65.6 Å². The Bertz CT molecular complexity index is 787. The van der Waals surface area contributed by atoms with Gasteiger partial charge in [0.05, 0.1) is 12.0 Å². The summed E-state index contributed by atoms with van der Waals surface area (Å²) in [5.74, 6) is -15.4. The highest BCUT2D eigenvalue weighted by Crippen LogP contribution is 2.47. The molecule has 5 nitrogen and oxygen atoms in total. The summed E-state index contributed by atoms with van der Waals surface area (Å²) >= 11 is 0. The average molecular weight is 426 g/mol. The highest BCUT2D eigenvalue weighted by atomic mass is 19.2. The maximum atomic E-state index is 13.8. The summed E-state index contributed by atoms with van der Waals surface area (Å²) in [4.78, 5) is 24.1. The van der Waals surface area contributed by atoms with Crippen LogP contribution in [0.25, 0.3) is 0 Å². The SMILES string of the molecule is CCC(=O)OC(C)(C)C(C)(CC(=O)Oc1c(F)c(F)c(F)c(F)c1F)C(C)(C)O. The minimum Gasteiger partial charge on any atom is -0.459 e. The largest absolute Gasteiger partial charge is 0.459 e. The lowest BCUT2D eigenvalue weighted by Crippen LogP contribution is -2.58. The van der Waals surface area contributed by atoms with Gasteiger partial charge >= 0.3 is 11.9 Å². The molecule has 1 rings (SSSR count).